The van der Waals surface area contributed by atoms with Gasteiger partial charge in [0.2, 0.25) is 0 Å². The zero-order chi connectivity index (χ0) is 8.36. The molecule has 0 heterocycles. The van der Waals surface area contributed by atoms with Crippen LogP contribution in [0.25, 0.3) is 0 Å². The van der Waals surface area contributed by atoms with Crippen molar-refractivity contribution in [2.45, 2.75) is 25.6 Å². The zero-order valence-electron chi connectivity index (χ0n) is 5.40. The van der Waals surface area contributed by atoms with Gasteiger partial charge in [-0.3, -0.25) is 4.79 Å². The Kier molecular flexibility index (Phi) is 2.83. The third kappa shape index (κ3) is 4.31. The minimum absolute atomic E-state index is 0.979. The summed E-state index contributed by atoms with van der Waals surface area (Å²) in [5.41, 5.74) is 4.89. The summed E-state index contributed by atoms with van der Waals surface area (Å²) in [4.78, 5) is 10.3. The molecule has 1 atom stereocenters. The molecular formula is C5H8F3NO. The second-order valence-electron chi connectivity index (χ2n) is 2.05. The SMILES string of the molecule is CC(N)C(=O)CC(F)(F)F. The van der Waals surface area contributed by atoms with Crippen molar-refractivity contribution in [1.82, 2.24) is 0 Å². The van der Waals surface area contributed by atoms with Crippen molar-refractivity contribution < 1.29 is 18.0 Å². The lowest BCUT2D eigenvalue weighted by atomic mass is 10.2. The van der Waals surface area contributed by atoms with Gasteiger partial charge >= 0.3 is 6.18 Å². The quantitative estimate of drug-likeness (QED) is 0.642. The first-order chi connectivity index (χ1) is 4.33. The fraction of sp³-hybridized carbons (Fsp3) is 0.800. The number of rotatable bonds is 2. The second kappa shape index (κ2) is 3.01. The van der Waals surface area contributed by atoms with Crippen molar-refractivity contribution in [3.8, 4) is 0 Å². The number of alkyl halides is 3. The average Bonchev–Trinajstić information content (AvgIpc) is 1.60. The van der Waals surface area contributed by atoms with Crippen LogP contribution in [0, 0.1) is 0 Å². The lowest BCUT2D eigenvalue weighted by Crippen LogP contribution is -2.30. The van der Waals surface area contributed by atoms with Crippen LogP contribution in [-0.4, -0.2) is 18.0 Å². The molecule has 2 nitrogen and oxygen atoms in total. The van der Waals surface area contributed by atoms with Crippen molar-refractivity contribution in [3.63, 3.8) is 0 Å². The summed E-state index contributed by atoms with van der Waals surface area (Å²) in [6.45, 7) is 1.23. The van der Waals surface area contributed by atoms with Crippen molar-refractivity contribution in [1.29, 1.82) is 0 Å². The molecule has 0 rings (SSSR count). The summed E-state index contributed by atoms with van der Waals surface area (Å²) in [6.07, 6.45) is -5.85. The summed E-state index contributed by atoms with van der Waals surface area (Å²) in [5.74, 6) is -0.979. The van der Waals surface area contributed by atoms with Gasteiger partial charge in [0.05, 0.1) is 6.04 Å². The van der Waals surface area contributed by atoms with E-state index in [0.29, 0.717) is 0 Å². The molecule has 0 saturated carbocycles. The highest BCUT2D eigenvalue weighted by Crippen LogP contribution is 2.19. The molecule has 0 fully saturated rings. The van der Waals surface area contributed by atoms with Crippen molar-refractivity contribution >= 4 is 5.78 Å². The zero-order valence-corrected chi connectivity index (χ0v) is 5.40. The molecule has 0 amide bonds. The summed E-state index contributed by atoms with van der Waals surface area (Å²) in [6, 6.07) is -1.03. The number of hydrogen-bond acceptors (Lipinski definition) is 2. The number of carbonyl (C=O) groups is 1. The summed E-state index contributed by atoms with van der Waals surface area (Å²) < 4.78 is 34.2. The molecule has 0 aliphatic rings. The van der Waals surface area contributed by atoms with E-state index >= 15 is 0 Å². The maximum atomic E-state index is 11.4. The molecule has 0 aliphatic carbocycles. The Morgan fingerprint density at radius 3 is 2.10 bits per heavy atom. The van der Waals surface area contributed by atoms with Crippen LogP contribution in [0.1, 0.15) is 13.3 Å². The van der Waals surface area contributed by atoms with Crippen LogP contribution < -0.4 is 5.73 Å². The van der Waals surface area contributed by atoms with Gasteiger partial charge in [-0.15, -0.1) is 0 Å². The highest BCUT2D eigenvalue weighted by Gasteiger charge is 2.31. The van der Waals surface area contributed by atoms with E-state index < -0.39 is 24.4 Å². The molecule has 0 aromatic carbocycles. The molecule has 0 bridgehead atoms. The number of hydrogen-bond donors (Lipinski definition) is 1. The molecule has 60 valence electrons. The fourth-order valence-electron chi connectivity index (χ4n) is 0.359. The topological polar surface area (TPSA) is 43.1 Å². The van der Waals surface area contributed by atoms with Crippen LogP contribution in [0.4, 0.5) is 13.2 Å². The van der Waals surface area contributed by atoms with E-state index in [1.165, 1.54) is 6.92 Å². The minimum atomic E-state index is -4.43. The Morgan fingerprint density at radius 2 is 2.00 bits per heavy atom. The number of nitrogens with two attached hydrogens (primary N) is 1. The molecule has 0 aromatic heterocycles. The van der Waals surface area contributed by atoms with Gasteiger partial charge in [-0.2, -0.15) is 13.2 Å². The van der Waals surface area contributed by atoms with Crippen LogP contribution in [-0.2, 0) is 4.79 Å². The third-order valence-electron chi connectivity index (χ3n) is 0.883. The van der Waals surface area contributed by atoms with Crippen LogP contribution in [0.15, 0.2) is 0 Å². The van der Waals surface area contributed by atoms with Gasteiger partial charge in [-0.1, -0.05) is 0 Å². The predicted molar refractivity (Wildman–Crippen MR) is 29.3 cm³/mol. The first-order valence-corrected chi connectivity index (χ1v) is 2.68. The van der Waals surface area contributed by atoms with E-state index in [-0.39, 0.29) is 0 Å². The van der Waals surface area contributed by atoms with Crippen LogP contribution in [0.3, 0.4) is 0 Å². The van der Waals surface area contributed by atoms with E-state index in [4.69, 9.17) is 5.73 Å². The predicted octanol–water partition coefficient (Wildman–Crippen LogP) is 0.855. The lowest BCUT2D eigenvalue weighted by Gasteiger charge is -2.06. The lowest BCUT2D eigenvalue weighted by molar-refractivity contribution is -0.152. The fourth-order valence-corrected chi connectivity index (χ4v) is 0.359. The normalized spacial score (nSPS) is 14.9. The Balaban J connectivity index is 3.81. The minimum Gasteiger partial charge on any atom is -0.322 e. The Bertz CT molecular complexity index is 129. The Labute approximate surface area is 56.2 Å². The molecule has 0 radical (unpaired) electrons. The molecule has 0 aliphatic heterocycles. The largest absolute Gasteiger partial charge is 0.395 e. The van der Waals surface area contributed by atoms with Crippen LogP contribution in [0.5, 0.6) is 0 Å². The van der Waals surface area contributed by atoms with E-state index in [1.54, 1.807) is 0 Å². The monoisotopic (exact) mass is 155 g/mol. The number of Topliss-reactive ketones (excluding diaryl/α,β-unsaturated/α-hetero) is 1. The Morgan fingerprint density at radius 1 is 1.60 bits per heavy atom. The number of ketones is 1. The van der Waals surface area contributed by atoms with Gasteiger partial charge in [0.15, 0.2) is 5.78 Å². The molecular weight excluding hydrogens is 147 g/mol. The van der Waals surface area contributed by atoms with Crippen LogP contribution >= 0.6 is 0 Å². The van der Waals surface area contributed by atoms with Crippen LogP contribution in [0.2, 0.25) is 0 Å². The van der Waals surface area contributed by atoms with Gasteiger partial charge in [0, 0.05) is 0 Å². The first-order valence-electron chi connectivity index (χ1n) is 2.68. The van der Waals surface area contributed by atoms with Gasteiger partial charge in [-0.25, -0.2) is 0 Å². The van der Waals surface area contributed by atoms with Crippen molar-refractivity contribution in [3.05, 3.63) is 0 Å². The van der Waals surface area contributed by atoms with E-state index in [0.717, 1.165) is 0 Å². The highest BCUT2D eigenvalue weighted by atomic mass is 19.4. The van der Waals surface area contributed by atoms with Gasteiger partial charge in [0.1, 0.15) is 6.42 Å². The summed E-state index contributed by atoms with van der Waals surface area (Å²) >= 11 is 0. The second-order valence-corrected chi connectivity index (χ2v) is 2.05. The van der Waals surface area contributed by atoms with E-state index in [9.17, 15) is 18.0 Å². The third-order valence-corrected chi connectivity index (χ3v) is 0.883. The smallest absolute Gasteiger partial charge is 0.322 e. The van der Waals surface area contributed by atoms with E-state index in [2.05, 4.69) is 0 Å². The molecule has 5 heteroatoms. The maximum Gasteiger partial charge on any atom is 0.395 e. The van der Waals surface area contributed by atoms with Gasteiger partial charge in [-0.05, 0) is 6.92 Å². The standard InChI is InChI=1S/C5H8F3NO/c1-3(9)4(10)2-5(6,7)8/h3H,2,9H2,1H3. The maximum absolute atomic E-state index is 11.4. The van der Waals surface area contributed by atoms with Crippen molar-refractivity contribution in [2.75, 3.05) is 0 Å². The number of carbonyl (C=O) groups excluding carboxylic acids is 1. The van der Waals surface area contributed by atoms with Crippen molar-refractivity contribution in [2.24, 2.45) is 5.73 Å². The molecule has 0 aromatic rings. The highest BCUT2D eigenvalue weighted by molar-refractivity contribution is 5.83. The van der Waals surface area contributed by atoms with Gasteiger partial charge in [0.25, 0.3) is 0 Å². The molecule has 1 unspecified atom stereocenters. The molecule has 0 saturated heterocycles. The Hall–Kier alpha value is -0.580. The van der Waals surface area contributed by atoms with E-state index in [1.807, 2.05) is 0 Å². The first kappa shape index (κ1) is 9.42. The number of halogens is 3. The molecule has 0 spiro atoms. The summed E-state index contributed by atoms with van der Waals surface area (Å²) in [7, 11) is 0. The molecule has 2 N–H and O–H groups in total. The average molecular weight is 155 g/mol. The van der Waals surface area contributed by atoms with Gasteiger partial charge < -0.3 is 5.73 Å². The summed E-state index contributed by atoms with van der Waals surface area (Å²) in [5, 5.41) is 0. The molecule has 10 heavy (non-hydrogen) atoms.